The van der Waals surface area contributed by atoms with Crippen molar-refractivity contribution in [3.63, 3.8) is 0 Å². The van der Waals surface area contributed by atoms with Gasteiger partial charge in [-0.1, -0.05) is 12.1 Å². The molecular formula is C21H23N3O4. The molecule has 3 aromatic rings. The van der Waals surface area contributed by atoms with Gasteiger partial charge >= 0.3 is 0 Å². The topological polar surface area (TPSA) is 77.7 Å². The van der Waals surface area contributed by atoms with E-state index in [1.807, 2.05) is 36.1 Å². The van der Waals surface area contributed by atoms with E-state index in [4.69, 9.17) is 13.9 Å². The van der Waals surface area contributed by atoms with Crippen LogP contribution in [-0.4, -0.2) is 46.1 Å². The Morgan fingerprint density at radius 3 is 2.93 bits per heavy atom. The Morgan fingerprint density at radius 2 is 2.07 bits per heavy atom. The highest BCUT2D eigenvalue weighted by atomic mass is 16.5. The van der Waals surface area contributed by atoms with Crippen molar-refractivity contribution in [2.45, 2.75) is 38.8 Å². The zero-order valence-corrected chi connectivity index (χ0v) is 16.0. The summed E-state index contributed by atoms with van der Waals surface area (Å²) in [6, 6.07) is 9.28. The van der Waals surface area contributed by atoms with E-state index in [2.05, 4.69) is 16.9 Å². The fraction of sp³-hybridized carbons (Fsp3) is 0.381. The molecule has 1 saturated heterocycles. The molecule has 0 spiro atoms. The lowest BCUT2D eigenvalue weighted by atomic mass is 9.99. The van der Waals surface area contributed by atoms with Crippen LogP contribution in [0.5, 0.6) is 11.5 Å². The van der Waals surface area contributed by atoms with Crippen LogP contribution < -0.4 is 9.47 Å². The summed E-state index contributed by atoms with van der Waals surface area (Å²) in [5, 5.41) is 0. The van der Waals surface area contributed by atoms with Crippen LogP contribution in [0.4, 0.5) is 0 Å². The van der Waals surface area contributed by atoms with Crippen molar-refractivity contribution in [3.8, 4) is 11.5 Å². The van der Waals surface area contributed by atoms with Crippen LogP contribution >= 0.6 is 0 Å². The number of likely N-dealkylation sites (tertiary alicyclic amines) is 1. The van der Waals surface area contributed by atoms with Gasteiger partial charge in [0, 0.05) is 18.3 Å². The van der Waals surface area contributed by atoms with E-state index >= 15 is 0 Å². The Morgan fingerprint density at radius 1 is 1.21 bits per heavy atom. The van der Waals surface area contributed by atoms with Crippen LogP contribution in [0, 0.1) is 0 Å². The van der Waals surface area contributed by atoms with E-state index in [1.54, 1.807) is 12.3 Å². The van der Waals surface area contributed by atoms with E-state index in [0.717, 1.165) is 12.8 Å². The molecule has 28 heavy (non-hydrogen) atoms. The molecule has 1 aliphatic heterocycles. The second-order valence-electron chi connectivity index (χ2n) is 6.87. The normalized spacial score (nSPS) is 19.6. The first-order valence-corrected chi connectivity index (χ1v) is 9.55. The number of aromatic nitrogens is 2. The molecule has 2 atom stereocenters. The molecule has 0 aliphatic carbocycles. The number of carbonyl (C=O) groups is 1. The smallest absolute Gasteiger partial charge is 0.257 e. The standard InChI is InChI=1S/C21H23N3O4/c1-3-26-17-7-5-4-6-16(17)21(25)24-12-15(9-8-14(24)2)28-18-10-11-22-20-19(18)23-13-27-20/h4-7,10-11,13-15H,3,8-9,12H2,1-2H3/t14-,15-/m1/s1. The van der Waals surface area contributed by atoms with Crippen LogP contribution in [0.2, 0.25) is 0 Å². The highest BCUT2D eigenvalue weighted by Gasteiger charge is 2.32. The number of rotatable bonds is 5. The van der Waals surface area contributed by atoms with Crippen LogP contribution in [0.3, 0.4) is 0 Å². The minimum Gasteiger partial charge on any atom is -0.493 e. The predicted octanol–water partition coefficient (Wildman–Crippen LogP) is 3.69. The molecule has 4 rings (SSSR count). The number of pyridine rings is 1. The van der Waals surface area contributed by atoms with Crippen LogP contribution in [-0.2, 0) is 0 Å². The van der Waals surface area contributed by atoms with Gasteiger partial charge in [-0.25, -0.2) is 9.97 Å². The Labute approximate surface area is 163 Å². The SMILES string of the molecule is CCOc1ccccc1C(=O)N1C[C@H](Oc2ccnc3ocnc23)CC[C@H]1C. The number of oxazole rings is 1. The van der Waals surface area contributed by atoms with Crippen LogP contribution in [0.1, 0.15) is 37.0 Å². The molecule has 1 fully saturated rings. The maximum Gasteiger partial charge on any atom is 0.257 e. The van der Waals surface area contributed by atoms with Crippen molar-refractivity contribution in [2.75, 3.05) is 13.2 Å². The van der Waals surface area contributed by atoms with Gasteiger partial charge in [0.15, 0.2) is 17.7 Å². The fourth-order valence-electron chi connectivity index (χ4n) is 3.56. The predicted molar refractivity (Wildman–Crippen MR) is 104 cm³/mol. The third kappa shape index (κ3) is 3.52. The number of nitrogens with zero attached hydrogens (tertiary/aromatic N) is 3. The van der Waals surface area contributed by atoms with Crippen molar-refractivity contribution < 1.29 is 18.7 Å². The number of ether oxygens (including phenoxy) is 2. The first kappa shape index (κ1) is 18.3. The first-order valence-electron chi connectivity index (χ1n) is 9.55. The quantitative estimate of drug-likeness (QED) is 0.671. The van der Waals surface area contributed by atoms with Crippen molar-refractivity contribution in [2.24, 2.45) is 0 Å². The number of hydrogen-bond acceptors (Lipinski definition) is 6. The summed E-state index contributed by atoms with van der Waals surface area (Å²) in [6.07, 6.45) is 4.59. The van der Waals surface area contributed by atoms with Gasteiger partial charge < -0.3 is 18.8 Å². The number of para-hydroxylation sites is 1. The van der Waals surface area contributed by atoms with E-state index in [9.17, 15) is 4.79 Å². The van der Waals surface area contributed by atoms with Crippen LogP contribution in [0.15, 0.2) is 47.3 Å². The molecule has 0 saturated carbocycles. The molecule has 7 heteroatoms. The summed E-state index contributed by atoms with van der Waals surface area (Å²) < 4.78 is 17.1. The molecule has 0 unspecified atom stereocenters. The van der Waals surface area contributed by atoms with Crippen molar-refractivity contribution in [3.05, 3.63) is 48.5 Å². The van der Waals surface area contributed by atoms with Crippen molar-refractivity contribution >= 4 is 17.1 Å². The fourth-order valence-corrected chi connectivity index (χ4v) is 3.56. The number of benzene rings is 1. The molecule has 1 aromatic carbocycles. The van der Waals surface area contributed by atoms with E-state index in [-0.39, 0.29) is 18.1 Å². The zero-order valence-electron chi connectivity index (χ0n) is 16.0. The molecule has 7 nitrogen and oxygen atoms in total. The van der Waals surface area contributed by atoms with E-state index in [0.29, 0.717) is 41.4 Å². The molecule has 3 heterocycles. The summed E-state index contributed by atoms with van der Waals surface area (Å²) in [4.78, 5) is 23.4. The number of amides is 1. The first-order chi connectivity index (χ1) is 13.7. The maximum atomic E-state index is 13.2. The Hall–Kier alpha value is -3.09. The lowest BCUT2D eigenvalue weighted by Crippen LogP contribution is -2.49. The largest absolute Gasteiger partial charge is 0.493 e. The van der Waals surface area contributed by atoms with E-state index in [1.165, 1.54) is 6.39 Å². The molecular weight excluding hydrogens is 358 g/mol. The third-order valence-electron chi connectivity index (χ3n) is 5.01. The second-order valence-corrected chi connectivity index (χ2v) is 6.87. The summed E-state index contributed by atoms with van der Waals surface area (Å²) in [7, 11) is 0. The lowest BCUT2D eigenvalue weighted by Gasteiger charge is -2.38. The van der Waals surface area contributed by atoms with Gasteiger partial charge in [-0.15, -0.1) is 0 Å². The average molecular weight is 381 g/mol. The highest BCUT2D eigenvalue weighted by Crippen LogP contribution is 2.29. The number of piperidine rings is 1. The lowest BCUT2D eigenvalue weighted by molar-refractivity contribution is 0.0384. The van der Waals surface area contributed by atoms with Crippen molar-refractivity contribution in [1.82, 2.24) is 14.9 Å². The van der Waals surface area contributed by atoms with Gasteiger partial charge in [0.05, 0.1) is 18.7 Å². The van der Waals surface area contributed by atoms with Gasteiger partial charge in [-0.3, -0.25) is 4.79 Å². The van der Waals surface area contributed by atoms with Crippen LogP contribution in [0.25, 0.3) is 11.2 Å². The second kappa shape index (κ2) is 7.88. The summed E-state index contributed by atoms with van der Waals surface area (Å²) >= 11 is 0. The zero-order chi connectivity index (χ0) is 19.5. The van der Waals surface area contributed by atoms with Gasteiger partial charge in [0.2, 0.25) is 0 Å². The maximum absolute atomic E-state index is 13.2. The van der Waals surface area contributed by atoms with Gasteiger partial charge in [-0.05, 0) is 38.8 Å². The number of fused-ring (bicyclic) bond motifs is 1. The monoisotopic (exact) mass is 381 g/mol. The molecule has 2 aromatic heterocycles. The molecule has 146 valence electrons. The van der Waals surface area contributed by atoms with E-state index < -0.39 is 0 Å². The van der Waals surface area contributed by atoms with Gasteiger partial charge in [0.1, 0.15) is 11.9 Å². The molecule has 1 aliphatic rings. The minimum absolute atomic E-state index is 0.0360. The summed E-state index contributed by atoms with van der Waals surface area (Å²) in [6.45, 7) is 5.00. The average Bonchev–Trinajstić information content (AvgIpc) is 3.19. The minimum atomic E-state index is -0.123. The Bertz CT molecular complexity index is 971. The number of carbonyl (C=O) groups excluding carboxylic acids is 1. The molecule has 0 bridgehead atoms. The number of hydrogen-bond donors (Lipinski definition) is 0. The molecule has 0 radical (unpaired) electrons. The molecule has 0 N–H and O–H groups in total. The van der Waals surface area contributed by atoms with Crippen molar-refractivity contribution in [1.29, 1.82) is 0 Å². The summed E-state index contributed by atoms with van der Waals surface area (Å²) in [5.41, 5.74) is 1.63. The highest BCUT2D eigenvalue weighted by molar-refractivity contribution is 5.97. The Kier molecular flexibility index (Phi) is 5.14. The Balaban J connectivity index is 1.54. The van der Waals surface area contributed by atoms with Gasteiger partial charge in [0.25, 0.3) is 11.6 Å². The third-order valence-corrected chi connectivity index (χ3v) is 5.01. The van der Waals surface area contributed by atoms with Gasteiger partial charge in [-0.2, -0.15) is 0 Å². The molecule has 1 amide bonds. The summed E-state index contributed by atoms with van der Waals surface area (Å²) in [5.74, 6) is 1.20.